The molecule has 1 aliphatic rings. The Hall–Kier alpha value is -1.60. The number of hydrogen-bond acceptors (Lipinski definition) is 6. The number of nitrogen functional groups attached to an aromatic ring is 1. The van der Waals surface area contributed by atoms with Crippen LogP contribution in [0.1, 0.15) is 26.1 Å². The second-order valence-corrected chi connectivity index (χ2v) is 10.2. The van der Waals surface area contributed by atoms with Gasteiger partial charge in [0.15, 0.2) is 6.29 Å². The molecule has 0 aliphatic carbocycles. The lowest BCUT2D eigenvalue weighted by Crippen LogP contribution is -1.99. The average molecular weight is 434 g/mol. The molecule has 0 radical (unpaired) electrons. The molecule has 3 nitrogen and oxygen atoms in total. The smallest absolute Gasteiger partial charge is 0.150 e. The summed E-state index contributed by atoms with van der Waals surface area (Å²) in [5.41, 5.74) is 11.2. The Morgan fingerprint density at radius 1 is 1.22 bits per heavy atom. The molecule has 1 unspecified atom stereocenters. The highest BCUT2D eigenvalue weighted by molar-refractivity contribution is 8.17. The van der Waals surface area contributed by atoms with Crippen molar-refractivity contribution < 1.29 is 9.53 Å². The minimum atomic E-state index is 0.305. The number of thioether (sulfide) groups is 2. The molecule has 1 atom stereocenters. The highest BCUT2D eigenvalue weighted by atomic mass is 35.5. The summed E-state index contributed by atoms with van der Waals surface area (Å²) in [7, 11) is 1.67. The molecule has 0 bridgehead atoms. The number of rotatable bonds is 4. The molecule has 7 heteroatoms. The van der Waals surface area contributed by atoms with Crippen LogP contribution in [0.4, 0.5) is 5.00 Å². The molecule has 1 aliphatic heterocycles. The molecule has 1 aromatic heterocycles. The molecule has 2 N–H and O–H groups in total. The molecule has 0 saturated carbocycles. The summed E-state index contributed by atoms with van der Waals surface area (Å²) < 4.78 is 6.76. The van der Waals surface area contributed by atoms with E-state index in [9.17, 15) is 4.79 Å². The van der Waals surface area contributed by atoms with Gasteiger partial charge in [0.1, 0.15) is 5.75 Å². The molecular weight excluding hydrogens is 418 g/mol. The zero-order valence-corrected chi connectivity index (χ0v) is 17.6. The fraction of sp³-hybridized carbons (Fsp3) is 0.150. The fourth-order valence-electron chi connectivity index (χ4n) is 3.05. The van der Waals surface area contributed by atoms with Crippen LogP contribution in [0.5, 0.6) is 5.75 Å². The number of methoxy groups -OCH3 is 1. The summed E-state index contributed by atoms with van der Waals surface area (Å²) in [4.78, 5) is 11.5. The van der Waals surface area contributed by atoms with Crippen LogP contribution in [-0.4, -0.2) is 13.4 Å². The van der Waals surface area contributed by atoms with Gasteiger partial charge < -0.3 is 10.5 Å². The van der Waals surface area contributed by atoms with Gasteiger partial charge in [0, 0.05) is 21.9 Å². The molecule has 0 saturated heterocycles. The van der Waals surface area contributed by atoms with Gasteiger partial charge in [0.05, 0.1) is 20.9 Å². The summed E-state index contributed by atoms with van der Waals surface area (Å²) in [6, 6.07) is 13.5. The predicted molar refractivity (Wildman–Crippen MR) is 117 cm³/mol. The van der Waals surface area contributed by atoms with Crippen LogP contribution in [0.25, 0.3) is 11.1 Å². The van der Waals surface area contributed by atoms with Gasteiger partial charge >= 0.3 is 0 Å². The normalized spacial score (nSPS) is 16.0. The van der Waals surface area contributed by atoms with Gasteiger partial charge in [0.25, 0.3) is 0 Å². The molecule has 138 valence electrons. The highest BCUT2D eigenvalue weighted by Gasteiger charge is 2.28. The molecule has 0 fully saturated rings. The van der Waals surface area contributed by atoms with E-state index in [0.717, 1.165) is 33.9 Å². The van der Waals surface area contributed by atoms with Crippen molar-refractivity contribution in [3.05, 3.63) is 64.2 Å². The number of anilines is 1. The fourth-order valence-corrected chi connectivity index (χ4v) is 7.69. The van der Waals surface area contributed by atoms with E-state index in [1.165, 1.54) is 15.3 Å². The summed E-state index contributed by atoms with van der Waals surface area (Å²) in [5, 5.41) is 1.33. The maximum atomic E-state index is 11.5. The second kappa shape index (κ2) is 7.80. The summed E-state index contributed by atoms with van der Waals surface area (Å²) >= 11 is 11.4. The topological polar surface area (TPSA) is 52.3 Å². The number of ether oxygens (including phenoxy) is 1. The first-order valence-electron chi connectivity index (χ1n) is 8.19. The number of halogens is 1. The lowest BCUT2D eigenvalue weighted by molar-refractivity contribution is 0.112. The van der Waals surface area contributed by atoms with E-state index in [1.807, 2.05) is 41.7 Å². The van der Waals surface area contributed by atoms with Crippen molar-refractivity contribution in [2.45, 2.75) is 14.5 Å². The lowest BCUT2D eigenvalue weighted by Gasteiger charge is -2.22. The first kappa shape index (κ1) is 18.7. The second-order valence-electron chi connectivity index (χ2n) is 5.99. The van der Waals surface area contributed by atoms with Gasteiger partial charge in [-0.1, -0.05) is 35.5 Å². The van der Waals surface area contributed by atoms with Gasteiger partial charge in [0.2, 0.25) is 0 Å². The van der Waals surface area contributed by atoms with Crippen molar-refractivity contribution in [2.75, 3.05) is 12.8 Å². The number of carbonyl (C=O) groups excluding carboxylic acids is 1. The first-order valence-corrected chi connectivity index (χ1v) is 11.3. The SMILES string of the molecule is COc1ccc(C2SCc3c(sc(N)c3-c3cc(Cl)ccc3C=O)S2)cc1. The van der Waals surface area contributed by atoms with Crippen molar-refractivity contribution in [3.63, 3.8) is 0 Å². The predicted octanol–water partition coefficient (Wildman–Crippen LogP) is 6.51. The van der Waals surface area contributed by atoms with Crippen molar-refractivity contribution >= 4 is 57.7 Å². The Kier molecular flexibility index (Phi) is 5.41. The molecule has 0 spiro atoms. The minimum absolute atomic E-state index is 0.305. The van der Waals surface area contributed by atoms with Crippen LogP contribution in [0.15, 0.2) is 46.7 Å². The standard InChI is InChI=1S/C20H16ClNO2S3/c1-24-14-6-3-11(4-7-14)19-25-10-16-17(18(22)26-20(16)27-19)15-8-13(21)5-2-12(15)9-23/h2-9,19H,10,22H2,1H3. The third-order valence-corrected chi connectivity index (χ3v) is 8.69. The zero-order valence-electron chi connectivity index (χ0n) is 14.4. The van der Waals surface area contributed by atoms with E-state index in [1.54, 1.807) is 30.6 Å². The van der Waals surface area contributed by atoms with Crippen LogP contribution in [-0.2, 0) is 5.75 Å². The van der Waals surface area contributed by atoms with Crippen molar-refractivity contribution in [3.8, 4) is 16.9 Å². The van der Waals surface area contributed by atoms with Crippen molar-refractivity contribution in [1.82, 2.24) is 0 Å². The van der Waals surface area contributed by atoms with E-state index < -0.39 is 0 Å². The van der Waals surface area contributed by atoms with Gasteiger partial charge in [-0.15, -0.1) is 23.1 Å². The third kappa shape index (κ3) is 3.59. The number of aldehydes is 1. The number of fused-ring (bicyclic) bond motifs is 1. The van der Waals surface area contributed by atoms with Gasteiger partial charge in [-0.05, 0) is 47.0 Å². The zero-order chi connectivity index (χ0) is 19.0. The van der Waals surface area contributed by atoms with Gasteiger partial charge in [-0.3, -0.25) is 4.79 Å². The van der Waals surface area contributed by atoms with E-state index in [2.05, 4.69) is 12.1 Å². The largest absolute Gasteiger partial charge is 0.497 e. The van der Waals surface area contributed by atoms with Gasteiger partial charge in [-0.2, -0.15) is 0 Å². The van der Waals surface area contributed by atoms with E-state index >= 15 is 0 Å². The number of thiophene rings is 1. The van der Waals surface area contributed by atoms with Crippen molar-refractivity contribution in [1.29, 1.82) is 0 Å². The summed E-state index contributed by atoms with van der Waals surface area (Å²) in [6.45, 7) is 0. The quantitative estimate of drug-likeness (QED) is 0.475. The Bertz CT molecular complexity index is 1000. The molecule has 3 aromatic rings. The number of benzene rings is 2. The van der Waals surface area contributed by atoms with E-state index in [-0.39, 0.29) is 0 Å². The molecule has 4 rings (SSSR count). The molecule has 2 heterocycles. The van der Waals surface area contributed by atoms with Crippen LogP contribution < -0.4 is 10.5 Å². The Balaban J connectivity index is 1.70. The Morgan fingerprint density at radius 3 is 2.70 bits per heavy atom. The van der Waals surface area contributed by atoms with Crippen LogP contribution >= 0.6 is 46.5 Å². The summed E-state index contributed by atoms with van der Waals surface area (Å²) in [5.74, 6) is 1.70. The Morgan fingerprint density at radius 2 is 2.00 bits per heavy atom. The number of hydrogen-bond donors (Lipinski definition) is 1. The molecule has 27 heavy (non-hydrogen) atoms. The first-order chi connectivity index (χ1) is 13.1. The van der Waals surface area contributed by atoms with E-state index in [4.69, 9.17) is 22.1 Å². The van der Waals surface area contributed by atoms with Crippen LogP contribution in [0.3, 0.4) is 0 Å². The number of carbonyl (C=O) groups is 1. The Labute approximate surface area is 175 Å². The maximum absolute atomic E-state index is 11.5. The van der Waals surface area contributed by atoms with Crippen molar-refractivity contribution in [2.24, 2.45) is 0 Å². The molecule has 2 aromatic carbocycles. The molecular formula is C20H16ClNO2S3. The lowest BCUT2D eigenvalue weighted by atomic mass is 9.99. The summed E-state index contributed by atoms with van der Waals surface area (Å²) in [6.07, 6.45) is 0.860. The molecule has 0 amide bonds. The van der Waals surface area contributed by atoms with E-state index in [0.29, 0.717) is 15.2 Å². The third-order valence-electron chi connectivity index (χ3n) is 4.39. The van der Waals surface area contributed by atoms with Gasteiger partial charge in [-0.25, -0.2) is 0 Å². The average Bonchev–Trinajstić information content (AvgIpc) is 3.02. The number of nitrogens with two attached hydrogens (primary N) is 1. The van der Waals surface area contributed by atoms with Crippen LogP contribution in [0, 0.1) is 0 Å². The van der Waals surface area contributed by atoms with Crippen LogP contribution in [0.2, 0.25) is 5.02 Å². The maximum Gasteiger partial charge on any atom is 0.150 e. The monoisotopic (exact) mass is 433 g/mol. The highest BCUT2D eigenvalue weighted by Crippen LogP contribution is 2.57. The minimum Gasteiger partial charge on any atom is -0.497 e.